The van der Waals surface area contributed by atoms with Crippen LogP contribution in [0.25, 0.3) is 0 Å². The lowest BCUT2D eigenvalue weighted by atomic mass is 10.5. The number of carbonyl (C=O) groups is 1. The van der Waals surface area contributed by atoms with Crippen molar-refractivity contribution in [2.24, 2.45) is 0 Å². The Kier molecular flexibility index (Phi) is 4.94. The molecule has 0 aliphatic heterocycles. The van der Waals surface area contributed by atoms with Gasteiger partial charge >= 0.3 is 5.97 Å². The van der Waals surface area contributed by atoms with Crippen LogP contribution in [0.4, 0.5) is 0 Å². The fraction of sp³-hybridized carbons (Fsp3) is 0.857. The predicted octanol–water partition coefficient (Wildman–Crippen LogP) is -0.169. The highest BCUT2D eigenvalue weighted by Gasteiger charge is 2.18. The third-order valence-electron chi connectivity index (χ3n) is 1.48. The van der Waals surface area contributed by atoms with Gasteiger partial charge in [0.05, 0.1) is 13.4 Å². The van der Waals surface area contributed by atoms with E-state index < -0.39 is 16.0 Å². The molecule has 0 aromatic carbocycles. The van der Waals surface area contributed by atoms with E-state index in [1.165, 1.54) is 7.11 Å². The summed E-state index contributed by atoms with van der Waals surface area (Å²) in [5.41, 5.74) is 0. The number of rotatable bonds is 5. The Morgan fingerprint density at radius 2 is 2.00 bits per heavy atom. The number of nitrogens with zero attached hydrogens (tertiary/aromatic N) is 1. The maximum atomic E-state index is 11.1. The van der Waals surface area contributed by atoms with Gasteiger partial charge < -0.3 is 4.74 Å². The van der Waals surface area contributed by atoms with Crippen LogP contribution in [0, 0.1) is 0 Å². The second kappa shape index (κ2) is 5.18. The first-order chi connectivity index (χ1) is 5.91. The van der Waals surface area contributed by atoms with Crippen molar-refractivity contribution in [1.82, 2.24) is 4.31 Å². The SMILES string of the molecule is CCCN(CC(=O)OC)S(C)(=O)=O. The summed E-state index contributed by atoms with van der Waals surface area (Å²) >= 11 is 0. The summed E-state index contributed by atoms with van der Waals surface area (Å²) in [6.07, 6.45) is 1.75. The highest BCUT2D eigenvalue weighted by Crippen LogP contribution is 1.99. The van der Waals surface area contributed by atoms with Gasteiger partial charge in [0.1, 0.15) is 6.54 Å². The Balaban J connectivity index is 4.36. The molecule has 0 N–H and O–H groups in total. The van der Waals surface area contributed by atoms with Gasteiger partial charge in [-0.2, -0.15) is 4.31 Å². The number of ether oxygens (including phenoxy) is 1. The molecule has 0 bridgehead atoms. The monoisotopic (exact) mass is 209 g/mol. The molecule has 0 spiro atoms. The Bertz CT molecular complexity index is 260. The van der Waals surface area contributed by atoms with Gasteiger partial charge in [-0.1, -0.05) is 6.92 Å². The predicted molar refractivity (Wildman–Crippen MR) is 48.7 cm³/mol. The van der Waals surface area contributed by atoms with Crippen LogP contribution in [-0.2, 0) is 19.6 Å². The molecule has 0 unspecified atom stereocenters. The molecule has 0 saturated heterocycles. The van der Waals surface area contributed by atoms with Crippen molar-refractivity contribution in [3.8, 4) is 0 Å². The van der Waals surface area contributed by atoms with Crippen LogP contribution in [0.3, 0.4) is 0 Å². The van der Waals surface area contributed by atoms with Gasteiger partial charge in [-0.15, -0.1) is 0 Å². The molecule has 0 fully saturated rings. The number of hydrogen-bond acceptors (Lipinski definition) is 4. The molecule has 0 atom stereocenters. The molecule has 0 heterocycles. The largest absolute Gasteiger partial charge is 0.468 e. The topological polar surface area (TPSA) is 63.7 Å². The number of methoxy groups -OCH3 is 1. The van der Waals surface area contributed by atoms with Gasteiger partial charge in [0.2, 0.25) is 10.0 Å². The standard InChI is InChI=1S/C7H15NO4S/c1-4-5-8(13(3,10)11)6-7(9)12-2/h4-6H2,1-3H3. The fourth-order valence-corrected chi connectivity index (χ4v) is 1.67. The maximum absolute atomic E-state index is 11.1. The highest BCUT2D eigenvalue weighted by molar-refractivity contribution is 7.88. The molecule has 0 radical (unpaired) electrons. The van der Waals surface area contributed by atoms with Gasteiger partial charge in [0.25, 0.3) is 0 Å². The smallest absolute Gasteiger partial charge is 0.321 e. The Morgan fingerprint density at radius 1 is 1.46 bits per heavy atom. The molecule has 0 aromatic rings. The summed E-state index contributed by atoms with van der Waals surface area (Å²) in [5, 5.41) is 0. The Hall–Kier alpha value is -0.620. The summed E-state index contributed by atoms with van der Waals surface area (Å²) in [7, 11) is -2.07. The number of carbonyl (C=O) groups excluding carboxylic acids is 1. The second-order valence-corrected chi connectivity index (χ2v) is 4.66. The lowest BCUT2D eigenvalue weighted by molar-refractivity contribution is -0.140. The van der Waals surface area contributed by atoms with Crippen molar-refractivity contribution in [2.75, 3.05) is 26.5 Å². The molecule has 0 aromatic heterocycles. The van der Waals surface area contributed by atoms with E-state index in [1.807, 2.05) is 6.92 Å². The van der Waals surface area contributed by atoms with Crippen LogP contribution in [0.15, 0.2) is 0 Å². The van der Waals surface area contributed by atoms with Gasteiger partial charge in [-0.05, 0) is 6.42 Å². The van der Waals surface area contributed by atoms with Crippen molar-refractivity contribution < 1.29 is 17.9 Å². The summed E-state index contributed by atoms with van der Waals surface area (Å²) in [6.45, 7) is 1.98. The number of hydrogen-bond donors (Lipinski definition) is 0. The lowest BCUT2D eigenvalue weighted by Gasteiger charge is -2.17. The van der Waals surface area contributed by atoms with Crippen LogP contribution in [0.1, 0.15) is 13.3 Å². The van der Waals surface area contributed by atoms with Crippen molar-refractivity contribution in [2.45, 2.75) is 13.3 Å². The fourth-order valence-electron chi connectivity index (χ4n) is 0.820. The molecule has 0 amide bonds. The van der Waals surface area contributed by atoms with Gasteiger partial charge in [0.15, 0.2) is 0 Å². The van der Waals surface area contributed by atoms with Crippen LogP contribution in [-0.4, -0.2) is 45.1 Å². The molecule has 78 valence electrons. The molecule has 13 heavy (non-hydrogen) atoms. The lowest BCUT2D eigenvalue weighted by Crippen LogP contribution is -2.35. The van der Waals surface area contributed by atoms with Crippen molar-refractivity contribution in [1.29, 1.82) is 0 Å². The van der Waals surface area contributed by atoms with E-state index in [4.69, 9.17) is 0 Å². The van der Waals surface area contributed by atoms with E-state index >= 15 is 0 Å². The Labute approximate surface area is 78.7 Å². The number of esters is 1. The van der Waals surface area contributed by atoms with Crippen molar-refractivity contribution in [3.05, 3.63) is 0 Å². The molecule has 5 nitrogen and oxygen atoms in total. The summed E-state index contributed by atoms with van der Waals surface area (Å²) in [4.78, 5) is 10.8. The third-order valence-corrected chi connectivity index (χ3v) is 2.72. The molecular formula is C7H15NO4S. The van der Waals surface area contributed by atoms with Crippen LogP contribution >= 0.6 is 0 Å². The molecule has 0 aliphatic carbocycles. The third kappa shape index (κ3) is 4.84. The minimum absolute atomic E-state index is 0.205. The zero-order valence-electron chi connectivity index (χ0n) is 8.11. The van der Waals surface area contributed by atoms with Crippen molar-refractivity contribution in [3.63, 3.8) is 0 Å². The quantitative estimate of drug-likeness (QED) is 0.590. The number of sulfonamides is 1. The van der Waals surface area contributed by atoms with Crippen molar-refractivity contribution >= 4 is 16.0 Å². The first kappa shape index (κ1) is 12.4. The van der Waals surface area contributed by atoms with Crippen LogP contribution < -0.4 is 0 Å². The van der Waals surface area contributed by atoms with Crippen LogP contribution in [0.5, 0.6) is 0 Å². The summed E-state index contributed by atoms with van der Waals surface area (Å²) < 4.78 is 27.7. The molecule has 0 aliphatic rings. The zero-order valence-corrected chi connectivity index (χ0v) is 8.93. The highest BCUT2D eigenvalue weighted by atomic mass is 32.2. The second-order valence-electron chi connectivity index (χ2n) is 2.67. The maximum Gasteiger partial charge on any atom is 0.321 e. The van der Waals surface area contributed by atoms with Crippen LogP contribution in [0.2, 0.25) is 0 Å². The van der Waals surface area contributed by atoms with E-state index in [1.54, 1.807) is 0 Å². The van der Waals surface area contributed by atoms with Gasteiger partial charge in [-0.3, -0.25) is 4.79 Å². The van der Waals surface area contributed by atoms with E-state index in [-0.39, 0.29) is 6.54 Å². The van der Waals surface area contributed by atoms with Gasteiger partial charge in [-0.25, -0.2) is 8.42 Å². The zero-order chi connectivity index (χ0) is 10.5. The molecule has 6 heteroatoms. The van der Waals surface area contributed by atoms with E-state index in [9.17, 15) is 13.2 Å². The minimum atomic E-state index is -3.30. The average Bonchev–Trinajstić information content (AvgIpc) is 2.01. The van der Waals surface area contributed by atoms with Gasteiger partial charge in [0, 0.05) is 6.54 Å². The average molecular weight is 209 g/mol. The van der Waals surface area contributed by atoms with E-state index in [0.717, 1.165) is 10.6 Å². The molecule has 0 saturated carbocycles. The molecular weight excluding hydrogens is 194 g/mol. The first-order valence-electron chi connectivity index (χ1n) is 3.93. The summed E-state index contributed by atoms with van der Waals surface area (Å²) in [6, 6.07) is 0. The molecule has 0 rings (SSSR count). The Morgan fingerprint density at radius 3 is 2.31 bits per heavy atom. The van der Waals surface area contributed by atoms with E-state index in [2.05, 4.69) is 4.74 Å². The first-order valence-corrected chi connectivity index (χ1v) is 5.78. The minimum Gasteiger partial charge on any atom is -0.468 e. The van der Waals surface area contributed by atoms with E-state index in [0.29, 0.717) is 13.0 Å². The summed E-state index contributed by atoms with van der Waals surface area (Å²) in [5.74, 6) is -0.543. The normalized spacial score (nSPS) is 11.7.